The Morgan fingerprint density at radius 3 is 1.42 bits per heavy atom. The van der Waals surface area contributed by atoms with E-state index in [9.17, 15) is 9.59 Å². The van der Waals surface area contributed by atoms with Crippen LogP contribution in [-0.2, 0) is 0 Å². The Hall–Kier alpha value is -2.27. The third-order valence-corrected chi connectivity index (χ3v) is 2.56. The van der Waals surface area contributed by atoms with E-state index >= 15 is 0 Å². The number of para-hydroxylation sites is 2. The van der Waals surface area contributed by atoms with Gasteiger partial charge in [0.2, 0.25) is 0 Å². The average Bonchev–Trinajstić information content (AvgIpc) is 2.40. The Morgan fingerprint density at radius 2 is 1.05 bits per heavy atom. The zero-order chi connectivity index (χ0) is 13.5. The lowest BCUT2D eigenvalue weighted by atomic mass is 10.3. The van der Waals surface area contributed by atoms with Gasteiger partial charge in [-0.3, -0.25) is 0 Å². The molecule has 0 N–H and O–H groups in total. The van der Waals surface area contributed by atoms with E-state index < -0.39 is 10.6 Å². The molecule has 0 aliphatic carbocycles. The van der Waals surface area contributed by atoms with Gasteiger partial charge in [-0.25, -0.2) is 9.59 Å². The summed E-state index contributed by atoms with van der Waals surface area (Å²) in [5.74, 6) is 0.764. The first kappa shape index (κ1) is 13.2. The highest BCUT2D eigenvalue weighted by molar-refractivity contribution is 8.25. The molecule has 0 radical (unpaired) electrons. The Kier molecular flexibility index (Phi) is 4.58. The van der Waals surface area contributed by atoms with Crippen LogP contribution in [0.2, 0.25) is 0 Å². The van der Waals surface area contributed by atoms with Crippen LogP contribution < -0.4 is 9.47 Å². The van der Waals surface area contributed by atoms with Gasteiger partial charge in [-0.15, -0.1) is 0 Å². The van der Waals surface area contributed by atoms with Crippen LogP contribution in [0.25, 0.3) is 0 Å². The number of thioether (sulfide) groups is 1. The Balaban J connectivity index is 1.84. The molecule has 0 spiro atoms. The van der Waals surface area contributed by atoms with Crippen molar-refractivity contribution in [2.24, 2.45) is 0 Å². The van der Waals surface area contributed by atoms with Gasteiger partial charge >= 0.3 is 10.6 Å². The standard InChI is InChI=1S/C14H10O4S/c15-13(17-11-7-3-1-4-8-11)19-14(16)18-12-9-5-2-6-10-12/h1-10H. The normalized spacial score (nSPS) is 9.68. The molecular weight excluding hydrogens is 264 g/mol. The molecule has 2 rings (SSSR count). The second kappa shape index (κ2) is 6.61. The fraction of sp³-hybridized carbons (Fsp3) is 0. The van der Waals surface area contributed by atoms with Gasteiger partial charge in [-0.05, 0) is 24.3 Å². The van der Waals surface area contributed by atoms with Crippen molar-refractivity contribution in [3.8, 4) is 11.5 Å². The summed E-state index contributed by atoms with van der Waals surface area (Å²) in [4.78, 5) is 22.9. The minimum absolute atomic E-state index is 0.367. The predicted molar refractivity (Wildman–Crippen MR) is 72.5 cm³/mol. The van der Waals surface area contributed by atoms with Crippen molar-refractivity contribution in [3.63, 3.8) is 0 Å². The number of benzene rings is 2. The molecule has 0 aliphatic rings. The first-order chi connectivity index (χ1) is 9.24. The molecule has 4 nitrogen and oxygen atoms in total. The molecule has 0 amide bonds. The first-order valence-corrected chi connectivity index (χ1v) is 6.27. The Labute approximate surface area is 114 Å². The highest BCUT2D eigenvalue weighted by atomic mass is 32.2. The van der Waals surface area contributed by atoms with Crippen molar-refractivity contribution >= 4 is 22.4 Å². The van der Waals surface area contributed by atoms with E-state index in [1.54, 1.807) is 60.7 Å². The summed E-state index contributed by atoms with van der Waals surface area (Å²) < 4.78 is 9.89. The molecule has 0 atom stereocenters. The number of ether oxygens (including phenoxy) is 2. The summed E-state index contributed by atoms with van der Waals surface area (Å²) in [6.45, 7) is 0. The Morgan fingerprint density at radius 1 is 0.684 bits per heavy atom. The maximum absolute atomic E-state index is 11.5. The minimum atomic E-state index is -0.730. The summed E-state index contributed by atoms with van der Waals surface area (Å²) in [5, 5.41) is -1.46. The molecular formula is C14H10O4S. The van der Waals surface area contributed by atoms with Crippen molar-refractivity contribution < 1.29 is 19.1 Å². The zero-order valence-electron chi connectivity index (χ0n) is 9.81. The smallest absolute Gasteiger partial charge is 0.383 e. The second-order valence-electron chi connectivity index (χ2n) is 3.43. The van der Waals surface area contributed by atoms with E-state index in [4.69, 9.17) is 9.47 Å². The molecule has 2 aromatic rings. The highest BCUT2D eigenvalue weighted by Gasteiger charge is 2.15. The summed E-state index contributed by atoms with van der Waals surface area (Å²) >= 11 is 0.367. The molecule has 0 heterocycles. The zero-order valence-corrected chi connectivity index (χ0v) is 10.6. The number of carbonyl (C=O) groups excluding carboxylic acids is 2. The van der Waals surface area contributed by atoms with E-state index in [2.05, 4.69) is 0 Å². The monoisotopic (exact) mass is 274 g/mol. The lowest BCUT2D eigenvalue weighted by molar-refractivity contribution is 0.222. The fourth-order valence-corrected chi connectivity index (χ4v) is 1.69. The number of hydrogen-bond acceptors (Lipinski definition) is 5. The van der Waals surface area contributed by atoms with Gasteiger partial charge in [0.25, 0.3) is 0 Å². The summed E-state index contributed by atoms with van der Waals surface area (Å²) in [7, 11) is 0. The summed E-state index contributed by atoms with van der Waals surface area (Å²) in [6, 6.07) is 17.0. The molecule has 0 bridgehead atoms. The number of carbonyl (C=O) groups is 2. The Bertz CT molecular complexity index is 503. The largest absolute Gasteiger partial charge is 0.418 e. The van der Waals surface area contributed by atoms with Crippen molar-refractivity contribution in [2.75, 3.05) is 0 Å². The van der Waals surface area contributed by atoms with Crippen LogP contribution in [0.1, 0.15) is 0 Å². The van der Waals surface area contributed by atoms with Crippen LogP contribution in [-0.4, -0.2) is 10.6 Å². The third-order valence-electron chi connectivity index (χ3n) is 2.06. The first-order valence-electron chi connectivity index (χ1n) is 5.45. The molecule has 0 unspecified atom stereocenters. The van der Waals surface area contributed by atoms with Crippen molar-refractivity contribution in [3.05, 3.63) is 60.7 Å². The van der Waals surface area contributed by atoms with Gasteiger partial charge in [-0.1, -0.05) is 36.4 Å². The van der Waals surface area contributed by atoms with E-state index in [0.717, 1.165) is 0 Å². The minimum Gasteiger partial charge on any atom is -0.418 e. The van der Waals surface area contributed by atoms with E-state index in [1.807, 2.05) is 0 Å². The maximum Gasteiger partial charge on any atom is 0.383 e. The van der Waals surface area contributed by atoms with Crippen LogP contribution in [0.4, 0.5) is 9.59 Å². The van der Waals surface area contributed by atoms with E-state index in [-0.39, 0.29) is 0 Å². The number of hydrogen-bond donors (Lipinski definition) is 0. The molecule has 0 fully saturated rings. The van der Waals surface area contributed by atoms with Crippen LogP contribution >= 0.6 is 11.8 Å². The predicted octanol–water partition coefficient (Wildman–Crippen LogP) is 4.12. The van der Waals surface area contributed by atoms with Gasteiger partial charge in [0.15, 0.2) is 0 Å². The van der Waals surface area contributed by atoms with E-state index in [0.29, 0.717) is 23.3 Å². The van der Waals surface area contributed by atoms with Crippen LogP contribution in [0.15, 0.2) is 60.7 Å². The van der Waals surface area contributed by atoms with Crippen LogP contribution in [0.5, 0.6) is 11.5 Å². The molecule has 5 heteroatoms. The molecule has 0 saturated carbocycles. The topological polar surface area (TPSA) is 52.6 Å². The third kappa shape index (κ3) is 4.48. The fourth-order valence-electron chi connectivity index (χ4n) is 1.28. The van der Waals surface area contributed by atoms with Crippen LogP contribution in [0.3, 0.4) is 0 Å². The molecule has 0 aliphatic heterocycles. The molecule has 19 heavy (non-hydrogen) atoms. The quantitative estimate of drug-likeness (QED) is 0.771. The van der Waals surface area contributed by atoms with Gasteiger partial charge in [0.1, 0.15) is 11.5 Å². The van der Waals surface area contributed by atoms with Gasteiger partial charge in [0, 0.05) is 0 Å². The average molecular weight is 274 g/mol. The lowest BCUT2D eigenvalue weighted by Crippen LogP contribution is -2.08. The lowest BCUT2D eigenvalue weighted by Gasteiger charge is -2.03. The summed E-state index contributed by atoms with van der Waals surface area (Å²) in [5.41, 5.74) is 0. The van der Waals surface area contributed by atoms with Crippen molar-refractivity contribution in [1.82, 2.24) is 0 Å². The van der Waals surface area contributed by atoms with Crippen molar-refractivity contribution in [1.29, 1.82) is 0 Å². The van der Waals surface area contributed by atoms with Gasteiger partial charge < -0.3 is 9.47 Å². The SMILES string of the molecule is O=C(Oc1ccccc1)SC(=O)Oc1ccccc1. The van der Waals surface area contributed by atoms with Crippen molar-refractivity contribution in [2.45, 2.75) is 0 Å². The molecule has 2 aromatic carbocycles. The highest BCUT2D eigenvalue weighted by Crippen LogP contribution is 2.17. The van der Waals surface area contributed by atoms with Gasteiger partial charge in [-0.2, -0.15) is 0 Å². The summed E-state index contributed by atoms with van der Waals surface area (Å²) in [6.07, 6.45) is 0. The molecule has 96 valence electrons. The maximum atomic E-state index is 11.5. The second-order valence-corrected chi connectivity index (χ2v) is 4.30. The molecule has 0 aromatic heterocycles. The number of rotatable bonds is 2. The van der Waals surface area contributed by atoms with E-state index in [1.165, 1.54) is 0 Å². The van der Waals surface area contributed by atoms with Gasteiger partial charge in [0.05, 0.1) is 11.8 Å². The van der Waals surface area contributed by atoms with Crippen LogP contribution in [0, 0.1) is 0 Å². The molecule has 0 saturated heterocycles.